The van der Waals surface area contributed by atoms with E-state index in [-0.39, 0.29) is 0 Å². The van der Waals surface area contributed by atoms with Crippen molar-refractivity contribution in [3.8, 4) is 0 Å². The zero-order chi connectivity index (χ0) is 12.8. The minimum atomic E-state index is -1.38. The highest BCUT2D eigenvalue weighted by atomic mass is 16.6. The lowest BCUT2D eigenvalue weighted by Gasteiger charge is -2.12. The number of hydrogen-bond acceptors (Lipinski definition) is 6. The molecule has 1 fully saturated rings. The molecule has 0 aromatic carbocycles. The Kier molecular flexibility index (Phi) is 5.54. The SMILES string of the molecule is CCCCCOC1C(=O)O[C@H]([C@@H](O)CO)C1=O. The molecular formula is C11H18O6. The van der Waals surface area contributed by atoms with Gasteiger partial charge in [-0.25, -0.2) is 4.79 Å². The average molecular weight is 246 g/mol. The third-order valence-electron chi connectivity index (χ3n) is 2.56. The fraction of sp³-hybridized carbons (Fsp3) is 0.818. The van der Waals surface area contributed by atoms with E-state index in [2.05, 4.69) is 4.74 Å². The molecule has 0 aromatic heterocycles. The summed E-state index contributed by atoms with van der Waals surface area (Å²) in [6.07, 6.45) is -1.20. The Labute approximate surface area is 99.5 Å². The zero-order valence-corrected chi connectivity index (χ0v) is 9.80. The number of aliphatic hydroxyl groups excluding tert-OH is 2. The molecule has 0 spiro atoms. The standard InChI is InChI=1S/C11H18O6/c1-2-3-4-5-16-10-8(14)9(7(13)6-12)17-11(10)15/h7,9-10,12-13H,2-6H2,1H3/t7-,9+,10?/m0/s1. The molecule has 98 valence electrons. The van der Waals surface area contributed by atoms with E-state index in [1.165, 1.54) is 0 Å². The molecule has 17 heavy (non-hydrogen) atoms. The second kappa shape index (κ2) is 6.68. The number of unbranched alkanes of at least 4 members (excludes halogenated alkanes) is 2. The highest BCUT2D eigenvalue weighted by Crippen LogP contribution is 2.17. The maximum atomic E-state index is 11.6. The van der Waals surface area contributed by atoms with Gasteiger partial charge in [0.2, 0.25) is 11.9 Å². The molecule has 1 heterocycles. The molecule has 0 aromatic rings. The first kappa shape index (κ1) is 14.1. The molecule has 6 nitrogen and oxygen atoms in total. The molecule has 1 rings (SSSR count). The number of rotatable bonds is 7. The molecule has 3 atom stereocenters. The van der Waals surface area contributed by atoms with E-state index in [1.807, 2.05) is 6.92 Å². The van der Waals surface area contributed by atoms with Crippen molar-refractivity contribution < 1.29 is 29.3 Å². The summed E-state index contributed by atoms with van der Waals surface area (Å²) in [6, 6.07) is 0. The van der Waals surface area contributed by atoms with Crippen molar-refractivity contribution in [1.82, 2.24) is 0 Å². The van der Waals surface area contributed by atoms with Crippen LogP contribution in [0.5, 0.6) is 0 Å². The van der Waals surface area contributed by atoms with Crippen LogP contribution in [0.1, 0.15) is 26.2 Å². The monoisotopic (exact) mass is 246 g/mol. The molecule has 1 unspecified atom stereocenters. The summed E-state index contributed by atoms with van der Waals surface area (Å²) >= 11 is 0. The van der Waals surface area contributed by atoms with Gasteiger partial charge in [-0.15, -0.1) is 0 Å². The van der Waals surface area contributed by atoms with Gasteiger partial charge < -0.3 is 19.7 Å². The quantitative estimate of drug-likeness (QED) is 0.354. The van der Waals surface area contributed by atoms with Gasteiger partial charge in [-0.1, -0.05) is 19.8 Å². The molecule has 0 radical (unpaired) electrons. The number of ketones is 1. The number of esters is 1. The van der Waals surface area contributed by atoms with Crippen LogP contribution in [0.2, 0.25) is 0 Å². The van der Waals surface area contributed by atoms with E-state index in [1.54, 1.807) is 0 Å². The van der Waals surface area contributed by atoms with Crippen LogP contribution in [0.25, 0.3) is 0 Å². The number of aliphatic hydroxyl groups is 2. The largest absolute Gasteiger partial charge is 0.449 e. The van der Waals surface area contributed by atoms with Crippen LogP contribution in [0.15, 0.2) is 0 Å². The molecule has 0 amide bonds. The molecule has 6 heteroatoms. The second-order valence-corrected chi connectivity index (χ2v) is 3.97. The average Bonchev–Trinajstić information content (AvgIpc) is 2.60. The lowest BCUT2D eigenvalue weighted by atomic mass is 10.1. The number of cyclic esters (lactones) is 1. The van der Waals surface area contributed by atoms with Gasteiger partial charge in [-0.05, 0) is 6.42 Å². The summed E-state index contributed by atoms with van der Waals surface area (Å²) in [7, 11) is 0. The molecule has 0 aliphatic carbocycles. The maximum Gasteiger partial charge on any atom is 0.344 e. The molecule has 2 N–H and O–H groups in total. The summed E-state index contributed by atoms with van der Waals surface area (Å²) in [5.41, 5.74) is 0. The van der Waals surface area contributed by atoms with E-state index in [9.17, 15) is 14.7 Å². The van der Waals surface area contributed by atoms with Crippen molar-refractivity contribution >= 4 is 11.8 Å². The van der Waals surface area contributed by atoms with E-state index >= 15 is 0 Å². The van der Waals surface area contributed by atoms with E-state index in [0.717, 1.165) is 19.3 Å². The van der Waals surface area contributed by atoms with Crippen molar-refractivity contribution in [2.45, 2.75) is 44.5 Å². The van der Waals surface area contributed by atoms with E-state index in [4.69, 9.17) is 9.84 Å². The van der Waals surface area contributed by atoms with Gasteiger partial charge in [-0.3, -0.25) is 4.79 Å². The number of Topliss-reactive ketones (excluding diaryl/α,β-unsaturated/α-hetero) is 1. The van der Waals surface area contributed by atoms with Gasteiger partial charge in [0.25, 0.3) is 0 Å². The summed E-state index contributed by atoms with van der Waals surface area (Å²) in [5, 5.41) is 18.0. The van der Waals surface area contributed by atoms with Gasteiger partial charge >= 0.3 is 5.97 Å². The van der Waals surface area contributed by atoms with Crippen LogP contribution in [-0.4, -0.2) is 53.5 Å². The van der Waals surface area contributed by atoms with Crippen molar-refractivity contribution in [2.24, 2.45) is 0 Å². The van der Waals surface area contributed by atoms with Crippen LogP contribution in [0.3, 0.4) is 0 Å². The van der Waals surface area contributed by atoms with Gasteiger partial charge in [0.05, 0.1) is 6.61 Å². The maximum absolute atomic E-state index is 11.6. The first-order valence-corrected chi connectivity index (χ1v) is 5.76. The minimum Gasteiger partial charge on any atom is -0.449 e. The van der Waals surface area contributed by atoms with Gasteiger partial charge in [0.15, 0.2) is 6.10 Å². The van der Waals surface area contributed by atoms with Crippen LogP contribution in [0, 0.1) is 0 Å². The van der Waals surface area contributed by atoms with E-state index < -0.39 is 36.7 Å². The Hall–Kier alpha value is -0.980. The van der Waals surface area contributed by atoms with E-state index in [0.29, 0.717) is 6.61 Å². The summed E-state index contributed by atoms with van der Waals surface area (Å²) < 4.78 is 9.81. The van der Waals surface area contributed by atoms with Crippen LogP contribution in [-0.2, 0) is 19.1 Å². The highest BCUT2D eigenvalue weighted by molar-refractivity contribution is 6.09. The van der Waals surface area contributed by atoms with Crippen molar-refractivity contribution in [3.63, 3.8) is 0 Å². The Morgan fingerprint density at radius 3 is 2.71 bits per heavy atom. The second-order valence-electron chi connectivity index (χ2n) is 3.97. The topological polar surface area (TPSA) is 93.1 Å². The van der Waals surface area contributed by atoms with Gasteiger partial charge in [-0.2, -0.15) is 0 Å². The van der Waals surface area contributed by atoms with Gasteiger partial charge in [0, 0.05) is 6.61 Å². The normalized spacial score (nSPS) is 26.1. The highest BCUT2D eigenvalue weighted by Gasteiger charge is 2.47. The minimum absolute atomic E-state index is 0.307. The molecule has 0 bridgehead atoms. The lowest BCUT2D eigenvalue weighted by Crippen LogP contribution is -2.37. The fourth-order valence-corrected chi connectivity index (χ4v) is 1.58. The Morgan fingerprint density at radius 1 is 1.41 bits per heavy atom. The Bertz CT molecular complexity index is 277. The van der Waals surface area contributed by atoms with Crippen molar-refractivity contribution in [2.75, 3.05) is 13.2 Å². The molecule has 1 saturated heterocycles. The predicted molar refractivity (Wildman–Crippen MR) is 57.2 cm³/mol. The number of carbonyl (C=O) groups is 2. The van der Waals surface area contributed by atoms with Crippen molar-refractivity contribution in [3.05, 3.63) is 0 Å². The summed E-state index contributed by atoms with van der Waals surface area (Å²) in [5.74, 6) is -1.41. The Morgan fingerprint density at radius 2 is 2.12 bits per heavy atom. The first-order valence-electron chi connectivity index (χ1n) is 5.76. The third-order valence-corrected chi connectivity index (χ3v) is 2.56. The Balaban J connectivity index is 2.45. The number of hydrogen-bond donors (Lipinski definition) is 2. The summed E-state index contributed by atoms with van der Waals surface area (Å²) in [6.45, 7) is 1.70. The van der Waals surface area contributed by atoms with Crippen LogP contribution >= 0.6 is 0 Å². The summed E-state index contributed by atoms with van der Waals surface area (Å²) in [4.78, 5) is 23.0. The third kappa shape index (κ3) is 3.49. The lowest BCUT2D eigenvalue weighted by molar-refractivity contribution is -0.153. The molecule has 1 aliphatic rings. The van der Waals surface area contributed by atoms with Gasteiger partial charge in [0.1, 0.15) is 6.10 Å². The zero-order valence-electron chi connectivity index (χ0n) is 9.80. The predicted octanol–water partition coefficient (Wildman–Crippen LogP) is -0.591. The fourth-order valence-electron chi connectivity index (χ4n) is 1.58. The molecule has 0 saturated carbocycles. The van der Waals surface area contributed by atoms with Crippen LogP contribution in [0.4, 0.5) is 0 Å². The first-order chi connectivity index (χ1) is 8.11. The number of carbonyl (C=O) groups excluding carboxylic acids is 2. The van der Waals surface area contributed by atoms with Crippen LogP contribution < -0.4 is 0 Å². The molecule has 1 aliphatic heterocycles. The van der Waals surface area contributed by atoms with Crippen molar-refractivity contribution in [1.29, 1.82) is 0 Å². The molecular weight excluding hydrogens is 228 g/mol. The smallest absolute Gasteiger partial charge is 0.344 e. The number of ether oxygens (including phenoxy) is 2.